The highest BCUT2D eigenvalue weighted by Gasteiger charge is 2.34. The highest BCUT2D eigenvalue weighted by molar-refractivity contribution is 5.87. The fourth-order valence-corrected chi connectivity index (χ4v) is 3.46. The van der Waals surface area contributed by atoms with Crippen LogP contribution >= 0.6 is 0 Å². The average molecular weight is 377 g/mol. The zero-order valence-electron chi connectivity index (χ0n) is 15.4. The van der Waals surface area contributed by atoms with Gasteiger partial charge in [0.1, 0.15) is 17.9 Å². The maximum Gasteiger partial charge on any atom is 0.335 e. The van der Waals surface area contributed by atoms with E-state index in [2.05, 4.69) is 23.1 Å². The van der Waals surface area contributed by atoms with Crippen molar-refractivity contribution in [3.63, 3.8) is 0 Å². The fourth-order valence-electron chi connectivity index (χ4n) is 3.46. The molecule has 8 nitrogen and oxygen atoms in total. The van der Waals surface area contributed by atoms with Crippen molar-refractivity contribution in [2.45, 2.75) is 56.8 Å². The van der Waals surface area contributed by atoms with Gasteiger partial charge in [-0.2, -0.15) is 0 Å². The molecule has 2 heterocycles. The second-order valence-electron chi connectivity index (χ2n) is 7.03. The number of rotatable bonds is 7. The van der Waals surface area contributed by atoms with Gasteiger partial charge < -0.3 is 19.9 Å². The zero-order chi connectivity index (χ0) is 19.2. The zero-order valence-corrected chi connectivity index (χ0v) is 15.4. The number of carbonyl (C=O) groups excluding carboxylic acids is 1. The quantitative estimate of drug-likeness (QED) is 0.563. The van der Waals surface area contributed by atoms with E-state index in [0.717, 1.165) is 19.3 Å². The Kier molecular flexibility index (Phi) is 6.65. The van der Waals surface area contributed by atoms with Gasteiger partial charge in [0, 0.05) is 12.5 Å². The third kappa shape index (κ3) is 5.18. The molecule has 1 aromatic rings. The first-order valence-corrected chi connectivity index (χ1v) is 9.46. The largest absolute Gasteiger partial charge is 0.488 e. The monoisotopic (exact) mass is 377 g/mol. The molecule has 0 aromatic heterocycles. The van der Waals surface area contributed by atoms with Crippen LogP contribution in [0.3, 0.4) is 0 Å². The molecule has 2 aliphatic rings. The van der Waals surface area contributed by atoms with E-state index in [0.29, 0.717) is 31.4 Å². The molecular weight excluding hydrogens is 350 g/mol. The van der Waals surface area contributed by atoms with Crippen molar-refractivity contribution in [3.8, 4) is 5.75 Å². The predicted molar refractivity (Wildman–Crippen MR) is 98.6 cm³/mol. The smallest absolute Gasteiger partial charge is 0.335 e. The molecule has 0 radical (unpaired) electrons. The molecule has 4 N–H and O–H groups in total. The van der Waals surface area contributed by atoms with E-state index in [-0.39, 0.29) is 29.7 Å². The molecule has 0 spiro atoms. The normalized spacial score (nSPS) is 27.9. The summed E-state index contributed by atoms with van der Waals surface area (Å²) in [5.41, 5.74) is 6.44. The van der Waals surface area contributed by atoms with E-state index >= 15 is 0 Å². The van der Waals surface area contributed by atoms with Crippen LogP contribution in [0.5, 0.6) is 5.75 Å². The molecule has 0 aliphatic carbocycles. The SMILES string of the molecule is CCCC1CC(C(=O)N[C@@H]2COCC[C@H]2Oc2ccc(C(=O)O)cc2)NN1. The van der Waals surface area contributed by atoms with E-state index in [1.54, 1.807) is 12.1 Å². The number of nitrogens with one attached hydrogen (secondary N) is 3. The van der Waals surface area contributed by atoms with Crippen molar-refractivity contribution < 1.29 is 24.2 Å². The van der Waals surface area contributed by atoms with E-state index in [4.69, 9.17) is 14.6 Å². The van der Waals surface area contributed by atoms with Gasteiger partial charge in [0.15, 0.2) is 0 Å². The molecule has 4 atom stereocenters. The second-order valence-corrected chi connectivity index (χ2v) is 7.03. The van der Waals surface area contributed by atoms with Crippen molar-refractivity contribution >= 4 is 11.9 Å². The highest BCUT2D eigenvalue weighted by atomic mass is 16.5. The van der Waals surface area contributed by atoms with Gasteiger partial charge in [-0.15, -0.1) is 0 Å². The van der Waals surface area contributed by atoms with Crippen LogP contribution in [0.25, 0.3) is 0 Å². The summed E-state index contributed by atoms with van der Waals surface area (Å²) in [6, 6.07) is 6.08. The van der Waals surface area contributed by atoms with E-state index in [1.807, 2.05) is 0 Å². The third-order valence-electron chi connectivity index (χ3n) is 4.94. The Hall–Kier alpha value is -2.16. The predicted octanol–water partition coefficient (Wildman–Crippen LogP) is 1.07. The summed E-state index contributed by atoms with van der Waals surface area (Å²) >= 11 is 0. The van der Waals surface area contributed by atoms with Crippen molar-refractivity contribution in [1.29, 1.82) is 0 Å². The lowest BCUT2D eigenvalue weighted by Crippen LogP contribution is -2.55. The molecule has 148 valence electrons. The van der Waals surface area contributed by atoms with Crippen LogP contribution in [0.2, 0.25) is 0 Å². The third-order valence-corrected chi connectivity index (χ3v) is 4.94. The van der Waals surface area contributed by atoms with Crippen LogP contribution in [0.1, 0.15) is 43.0 Å². The molecular formula is C19H27N3O5. The Morgan fingerprint density at radius 1 is 1.30 bits per heavy atom. The Labute approximate surface area is 158 Å². The molecule has 1 amide bonds. The van der Waals surface area contributed by atoms with Gasteiger partial charge >= 0.3 is 5.97 Å². The summed E-state index contributed by atoms with van der Waals surface area (Å²) in [7, 11) is 0. The van der Waals surface area contributed by atoms with E-state index in [1.165, 1.54) is 12.1 Å². The van der Waals surface area contributed by atoms with Gasteiger partial charge in [-0.3, -0.25) is 10.2 Å². The Morgan fingerprint density at radius 2 is 2.07 bits per heavy atom. The number of benzene rings is 1. The number of carboxylic acid groups (broad SMARTS) is 1. The Morgan fingerprint density at radius 3 is 2.78 bits per heavy atom. The molecule has 0 saturated carbocycles. The van der Waals surface area contributed by atoms with Crippen molar-refractivity contribution in [2.24, 2.45) is 0 Å². The van der Waals surface area contributed by atoms with Gasteiger partial charge in [-0.25, -0.2) is 10.2 Å². The van der Waals surface area contributed by atoms with Gasteiger partial charge in [0.25, 0.3) is 0 Å². The molecule has 2 saturated heterocycles. The average Bonchev–Trinajstić information content (AvgIpc) is 3.13. The van der Waals surface area contributed by atoms with Crippen molar-refractivity contribution in [2.75, 3.05) is 13.2 Å². The molecule has 8 heteroatoms. The summed E-state index contributed by atoms with van der Waals surface area (Å²) in [5, 5.41) is 12.0. The van der Waals surface area contributed by atoms with E-state index in [9.17, 15) is 9.59 Å². The van der Waals surface area contributed by atoms with Crippen LogP contribution < -0.4 is 20.9 Å². The highest BCUT2D eigenvalue weighted by Crippen LogP contribution is 2.20. The number of ether oxygens (including phenoxy) is 2. The summed E-state index contributed by atoms with van der Waals surface area (Å²) < 4.78 is 11.5. The Balaban J connectivity index is 1.57. The van der Waals surface area contributed by atoms with Crippen LogP contribution in [0.15, 0.2) is 24.3 Å². The summed E-state index contributed by atoms with van der Waals surface area (Å²) in [6.45, 7) is 3.08. The summed E-state index contributed by atoms with van der Waals surface area (Å²) in [5.74, 6) is -0.460. The first-order chi connectivity index (χ1) is 13.1. The minimum absolute atomic E-state index is 0.0635. The number of hydrogen-bond donors (Lipinski definition) is 4. The number of carbonyl (C=O) groups is 2. The maximum absolute atomic E-state index is 12.6. The molecule has 1 aromatic carbocycles. The molecule has 2 fully saturated rings. The van der Waals surface area contributed by atoms with E-state index < -0.39 is 5.97 Å². The van der Waals surface area contributed by atoms with Gasteiger partial charge in [-0.1, -0.05) is 13.3 Å². The van der Waals surface area contributed by atoms with Crippen LogP contribution in [-0.4, -0.2) is 54.4 Å². The van der Waals surface area contributed by atoms with Crippen molar-refractivity contribution in [3.05, 3.63) is 29.8 Å². The molecule has 2 aliphatic heterocycles. The lowest BCUT2D eigenvalue weighted by Gasteiger charge is -2.33. The van der Waals surface area contributed by atoms with Crippen molar-refractivity contribution in [1.82, 2.24) is 16.2 Å². The second kappa shape index (κ2) is 9.16. The number of hydrazine groups is 1. The maximum atomic E-state index is 12.6. The topological polar surface area (TPSA) is 109 Å². The number of aromatic carboxylic acids is 1. The fraction of sp³-hybridized carbons (Fsp3) is 0.579. The number of carboxylic acids is 1. The molecule has 0 bridgehead atoms. The number of amides is 1. The molecule has 3 rings (SSSR count). The summed E-state index contributed by atoms with van der Waals surface area (Å²) in [6.07, 6.45) is 3.29. The summed E-state index contributed by atoms with van der Waals surface area (Å²) in [4.78, 5) is 23.5. The lowest BCUT2D eigenvalue weighted by atomic mass is 10.0. The minimum atomic E-state index is -0.975. The lowest BCUT2D eigenvalue weighted by molar-refractivity contribution is -0.126. The standard InChI is InChI=1S/C19H27N3O5/c1-2-3-13-10-15(22-21-13)18(23)20-16-11-26-9-8-17(16)27-14-6-4-12(5-7-14)19(24)25/h4-7,13,15-17,21-22H,2-3,8-11H2,1H3,(H,20,23)(H,24,25)/t13?,15?,16-,17-/m1/s1. The molecule has 27 heavy (non-hydrogen) atoms. The van der Waals surface area contributed by atoms with Gasteiger partial charge in [0.05, 0.1) is 24.8 Å². The van der Waals surface area contributed by atoms with Gasteiger partial charge in [-0.05, 0) is 37.1 Å². The molecule has 2 unspecified atom stereocenters. The minimum Gasteiger partial charge on any atom is -0.488 e. The number of hydrogen-bond acceptors (Lipinski definition) is 6. The van der Waals surface area contributed by atoms with Gasteiger partial charge in [0.2, 0.25) is 5.91 Å². The van der Waals surface area contributed by atoms with Crippen LogP contribution in [0.4, 0.5) is 0 Å². The Bertz CT molecular complexity index is 651. The van der Waals surface area contributed by atoms with Crippen LogP contribution in [-0.2, 0) is 9.53 Å². The van der Waals surface area contributed by atoms with Crippen LogP contribution in [0, 0.1) is 0 Å². The first-order valence-electron chi connectivity index (χ1n) is 9.46. The first kappa shape index (κ1) is 19.6.